The Morgan fingerprint density at radius 1 is 1.12 bits per heavy atom. The highest BCUT2D eigenvalue weighted by Crippen LogP contribution is 2.28. The normalized spacial score (nSPS) is 11.4. The van der Waals surface area contributed by atoms with Crippen LogP contribution in [0.4, 0.5) is 5.13 Å². The van der Waals surface area contributed by atoms with Gasteiger partial charge in [0, 0.05) is 29.5 Å². The minimum Gasteiger partial charge on any atom is -0.497 e. The fourth-order valence-corrected chi connectivity index (χ4v) is 4.44. The van der Waals surface area contributed by atoms with Gasteiger partial charge in [0.15, 0.2) is 15.7 Å². The molecule has 2 N–H and O–H groups in total. The molecular weight excluding hydrogens is 466 g/mol. The van der Waals surface area contributed by atoms with Gasteiger partial charge in [0.1, 0.15) is 5.75 Å². The fourth-order valence-electron chi connectivity index (χ4n) is 3.49. The number of carbonyl (C=O) groups excluding carboxylic acids is 1. The van der Waals surface area contributed by atoms with E-state index in [1.807, 2.05) is 34.2 Å². The van der Waals surface area contributed by atoms with E-state index in [4.69, 9.17) is 17.0 Å². The van der Waals surface area contributed by atoms with Gasteiger partial charge in [0.25, 0.3) is 0 Å². The number of aromatic amines is 1. The van der Waals surface area contributed by atoms with Gasteiger partial charge in [0.2, 0.25) is 5.91 Å². The molecule has 2 heterocycles. The number of carbonyl (C=O) groups is 1. The first-order valence-corrected chi connectivity index (χ1v) is 12.2. The van der Waals surface area contributed by atoms with Crippen LogP contribution in [0.3, 0.4) is 0 Å². The first-order valence-electron chi connectivity index (χ1n) is 10.9. The summed E-state index contributed by atoms with van der Waals surface area (Å²) in [6.45, 7) is 6.97. The second-order valence-electron chi connectivity index (χ2n) is 8.90. The van der Waals surface area contributed by atoms with Crippen LogP contribution >= 0.6 is 23.6 Å². The lowest BCUT2D eigenvalue weighted by Crippen LogP contribution is -2.15. The van der Waals surface area contributed by atoms with Crippen molar-refractivity contribution in [2.24, 2.45) is 0 Å². The van der Waals surface area contributed by atoms with Crippen LogP contribution in [0, 0.1) is 4.77 Å². The Bertz CT molecular complexity index is 1330. The molecule has 9 heteroatoms. The molecule has 1 amide bonds. The van der Waals surface area contributed by atoms with Gasteiger partial charge in [-0.05, 0) is 47.5 Å². The van der Waals surface area contributed by atoms with Crippen molar-refractivity contribution in [2.45, 2.75) is 39.2 Å². The van der Waals surface area contributed by atoms with Crippen molar-refractivity contribution in [3.63, 3.8) is 0 Å². The Kier molecular flexibility index (Phi) is 6.95. The van der Waals surface area contributed by atoms with E-state index in [1.54, 1.807) is 7.11 Å². The summed E-state index contributed by atoms with van der Waals surface area (Å²) in [5, 5.41) is 12.6. The summed E-state index contributed by atoms with van der Waals surface area (Å²) in [5.74, 6) is 1.31. The molecule has 0 radical (unpaired) electrons. The largest absolute Gasteiger partial charge is 0.497 e. The number of ether oxygens (including phenoxy) is 1. The molecule has 4 rings (SSSR count). The second kappa shape index (κ2) is 9.90. The lowest BCUT2D eigenvalue weighted by atomic mass is 9.86. The Morgan fingerprint density at radius 3 is 2.44 bits per heavy atom. The van der Waals surface area contributed by atoms with Gasteiger partial charge < -0.3 is 10.1 Å². The molecule has 7 nitrogen and oxygen atoms in total. The average Bonchev–Trinajstić information content (AvgIpc) is 3.44. The van der Waals surface area contributed by atoms with Crippen LogP contribution in [-0.2, 0) is 16.8 Å². The Balaban J connectivity index is 1.39. The zero-order valence-electron chi connectivity index (χ0n) is 19.6. The number of amides is 1. The summed E-state index contributed by atoms with van der Waals surface area (Å²) in [4.78, 5) is 17.2. The third-order valence-electron chi connectivity index (χ3n) is 5.47. The molecule has 176 valence electrons. The number of hydrogen-bond acceptors (Lipinski definition) is 6. The van der Waals surface area contributed by atoms with E-state index in [0.717, 1.165) is 22.6 Å². The highest BCUT2D eigenvalue weighted by atomic mass is 32.1. The van der Waals surface area contributed by atoms with E-state index in [1.165, 1.54) is 16.9 Å². The molecule has 0 unspecified atom stereocenters. The maximum Gasteiger partial charge on any atom is 0.227 e. The number of methoxy groups -OCH3 is 1. The SMILES string of the molecule is COc1ccc(-c2n[nH]c(=S)n2CCC(=O)Nc2nc(-c3ccc(C(C)(C)C)cc3)cs2)cc1. The average molecular weight is 494 g/mol. The Morgan fingerprint density at radius 2 is 1.79 bits per heavy atom. The number of H-pyrrole nitrogens is 1. The predicted molar refractivity (Wildman–Crippen MR) is 139 cm³/mol. The van der Waals surface area contributed by atoms with E-state index in [0.29, 0.717) is 22.3 Å². The Hall–Kier alpha value is -3.30. The number of benzene rings is 2. The molecule has 0 bridgehead atoms. The topological polar surface area (TPSA) is 84.8 Å². The van der Waals surface area contributed by atoms with Crippen molar-refractivity contribution in [1.29, 1.82) is 0 Å². The monoisotopic (exact) mass is 493 g/mol. The summed E-state index contributed by atoms with van der Waals surface area (Å²) in [7, 11) is 1.62. The van der Waals surface area contributed by atoms with Gasteiger partial charge in [-0.2, -0.15) is 5.10 Å². The van der Waals surface area contributed by atoms with E-state index >= 15 is 0 Å². The van der Waals surface area contributed by atoms with E-state index in [9.17, 15) is 4.79 Å². The van der Waals surface area contributed by atoms with Crippen molar-refractivity contribution in [3.05, 3.63) is 64.2 Å². The molecule has 0 atom stereocenters. The minimum atomic E-state index is -0.132. The van der Waals surface area contributed by atoms with Crippen LogP contribution < -0.4 is 10.1 Å². The highest BCUT2D eigenvalue weighted by molar-refractivity contribution is 7.71. The van der Waals surface area contributed by atoms with Gasteiger partial charge in [-0.25, -0.2) is 4.98 Å². The summed E-state index contributed by atoms with van der Waals surface area (Å²) in [6.07, 6.45) is 0.242. The zero-order valence-corrected chi connectivity index (χ0v) is 21.2. The zero-order chi connectivity index (χ0) is 24.3. The van der Waals surface area contributed by atoms with Crippen molar-refractivity contribution < 1.29 is 9.53 Å². The second-order valence-corrected chi connectivity index (χ2v) is 10.1. The minimum absolute atomic E-state index is 0.102. The molecule has 4 aromatic rings. The predicted octanol–water partition coefficient (Wildman–Crippen LogP) is 6.07. The van der Waals surface area contributed by atoms with E-state index < -0.39 is 0 Å². The van der Waals surface area contributed by atoms with Gasteiger partial charge in [-0.1, -0.05) is 45.0 Å². The number of rotatable bonds is 7. The number of nitrogens with one attached hydrogen (secondary N) is 2. The molecule has 2 aromatic heterocycles. The standard InChI is InChI=1S/C25H27N5O2S2/c1-25(2,3)18-9-5-16(6-10-18)20-15-34-23(26-20)27-21(31)13-14-30-22(28-29-24(30)33)17-7-11-19(32-4)12-8-17/h5-12,15H,13-14H2,1-4H3,(H,29,33)(H,26,27,31). The molecule has 0 aliphatic rings. The van der Waals surface area contributed by atoms with Gasteiger partial charge >= 0.3 is 0 Å². The first-order chi connectivity index (χ1) is 16.2. The number of hydrogen-bond donors (Lipinski definition) is 2. The number of nitrogens with zero attached hydrogens (tertiary/aromatic N) is 3. The first kappa shape index (κ1) is 23.8. The number of anilines is 1. The van der Waals surface area contributed by atoms with Crippen LogP contribution in [0.1, 0.15) is 32.8 Å². The van der Waals surface area contributed by atoms with Crippen LogP contribution in [-0.4, -0.2) is 32.8 Å². The van der Waals surface area contributed by atoms with Crippen LogP contribution in [0.25, 0.3) is 22.6 Å². The molecule has 34 heavy (non-hydrogen) atoms. The van der Waals surface area contributed by atoms with Crippen molar-refractivity contribution >= 4 is 34.6 Å². The van der Waals surface area contributed by atoms with Gasteiger partial charge in [-0.15, -0.1) is 11.3 Å². The molecule has 2 aromatic carbocycles. The lowest BCUT2D eigenvalue weighted by molar-refractivity contribution is -0.116. The van der Waals surface area contributed by atoms with E-state index in [-0.39, 0.29) is 17.7 Å². The molecule has 0 aliphatic heterocycles. The highest BCUT2D eigenvalue weighted by Gasteiger charge is 2.15. The number of aromatic nitrogens is 4. The van der Waals surface area contributed by atoms with Crippen LogP contribution in [0.15, 0.2) is 53.9 Å². The third-order valence-corrected chi connectivity index (χ3v) is 6.54. The maximum absolute atomic E-state index is 12.6. The quantitative estimate of drug-likeness (QED) is 0.305. The smallest absolute Gasteiger partial charge is 0.227 e. The van der Waals surface area contributed by atoms with E-state index in [2.05, 4.69) is 65.5 Å². The molecule has 0 fully saturated rings. The summed E-state index contributed by atoms with van der Waals surface area (Å²) in [6, 6.07) is 15.9. The molecule has 0 saturated heterocycles. The number of thiazole rings is 1. The lowest BCUT2D eigenvalue weighted by Gasteiger charge is -2.18. The van der Waals surface area contributed by atoms with Crippen LogP contribution in [0.5, 0.6) is 5.75 Å². The molecule has 0 aliphatic carbocycles. The molecule has 0 spiro atoms. The summed E-state index contributed by atoms with van der Waals surface area (Å²) in [5.41, 5.74) is 4.13. The van der Waals surface area contributed by atoms with Crippen molar-refractivity contribution in [2.75, 3.05) is 12.4 Å². The van der Waals surface area contributed by atoms with Gasteiger partial charge in [0.05, 0.1) is 12.8 Å². The van der Waals surface area contributed by atoms with Crippen molar-refractivity contribution in [3.8, 4) is 28.4 Å². The molecule has 0 saturated carbocycles. The van der Waals surface area contributed by atoms with Crippen molar-refractivity contribution in [1.82, 2.24) is 19.7 Å². The fraction of sp³-hybridized carbons (Fsp3) is 0.280. The maximum atomic E-state index is 12.6. The summed E-state index contributed by atoms with van der Waals surface area (Å²) < 4.78 is 7.50. The van der Waals surface area contributed by atoms with Crippen LogP contribution in [0.2, 0.25) is 0 Å². The Labute approximate surface area is 207 Å². The van der Waals surface area contributed by atoms with Gasteiger partial charge in [-0.3, -0.25) is 14.5 Å². The third kappa shape index (κ3) is 5.43. The summed E-state index contributed by atoms with van der Waals surface area (Å²) >= 11 is 6.78. The molecular formula is C25H27N5O2S2.